The molecule has 0 bridgehead atoms. The van der Waals surface area contributed by atoms with E-state index >= 15 is 0 Å². The largest absolute Gasteiger partial charge is 0.497 e. The van der Waals surface area contributed by atoms with Crippen LogP contribution in [-0.4, -0.2) is 86.5 Å². The Hall–Kier alpha value is -3.30. The van der Waals surface area contributed by atoms with Gasteiger partial charge in [0.15, 0.2) is 0 Å². The number of carbonyl (C=O) groups is 3. The van der Waals surface area contributed by atoms with E-state index in [9.17, 15) is 14.4 Å². The molecule has 0 spiro atoms. The van der Waals surface area contributed by atoms with E-state index in [4.69, 9.17) is 16.3 Å². The van der Waals surface area contributed by atoms with Crippen LogP contribution in [-0.2, 0) is 14.4 Å². The predicted molar refractivity (Wildman–Crippen MR) is 135 cm³/mol. The van der Waals surface area contributed by atoms with Crippen LogP contribution in [0.25, 0.3) is 0 Å². The number of benzene rings is 2. The highest BCUT2D eigenvalue weighted by atomic mass is 35.5. The summed E-state index contributed by atoms with van der Waals surface area (Å²) in [5.74, 6) is 0.0110. The maximum Gasteiger partial charge on any atom is 0.243 e. The van der Waals surface area contributed by atoms with E-state index in [1.807, 2.05) is 18.2 Å². The van der Waals surface area contributed by atoms with Crippen molar-refractivity contribution in [2.45, 2.75) is 12.5 Å². The topological polar surface area (TPSA) is 94.2 Å². The molecule has 3 amide bonds. The van der Waals surface area contributed by atoms with Crippen molar-refractivity contribution < 1.29 is 19.1 Å². The molecule has 4 rings (SSSR count). The number of anilines is 2. The molecule has 0 aromatic heterocycles. The number of hydrogen-bond acceptors (Lipinski definition) is 6. The standard InChI is InChI=1S/C25H30ClN5O4/c1-35-21-7-3-6-20(15-21)30-12-10-29(11-13-30)17-24(33)31-9-8-27-25(34)22(31)16-23(32)28-19-5-2-4-18(26)14-19/h2-7,14-15,22H,8-13,16-17H2,1H3,(H,27,34)(H,28,32)/t22-/m1/s1. The first-order chi connectivity index (χ1) is 16.9. The minimum absolute atomic E-state index is 0.117. The molecule has 2 aliphatic heterocycles. The van der Waals surface area contributed by atoms with Crippen molar-refractivity contribution in [3.63, 3.8) is 0 Å². The summed E-state index contributed by atoms with van der Waals surface area (Å²) in [5, 5.41) is 6.02. The fourth-order valence-electron chi connectivity index (χ4n) is 4.42. The average molecular weight is 500 g/mol. The van der Waals surface area contributed by atoms with E-state index in [0.717, 1.165) is 37.6 Å². The van der Waals surface area contributed by atoms with E-state index in [1.165, 1.54) is 4.90 Å². The van der Waals surface area contributed by atoms with Gasteiger partial charge in [-0.05, 0) is 30.3 Å². The SMILES string of the molecule is COc1cccc(N2CCN(CC(=O)N3CCNC(=O)[C@H]3CC(=O)Nc3cccc(Cl)c3)CC2)c1. The van der Waals surface area contributed by atoms with Crippen LogP contribution >= 0.6 is 11.6 Å². The second-order valence-electron chi connectivity index (χ2n) is 8.62. The first-order valence-electron chi connectivity index (χ1n) is 11.7. The number of carbonyl (C=O) groups excluding carboxylic acids is 3. The monoisotopic (exact) mass is 499 g/mol. The lowest BCUT2D eigenvalue weighted by Gasteiger charge is -2.39. The zero-order valence-corrected chi connectivity index (χ0v) is 20.5. The third kappa shape index (κ3) is 6.43. The molecule has 0 saturated carbocycles. The Balaban J connectivity index is 1.32. The summed E-state index contributed by atoms with van der Waals surface area (Å²) in [7, 11) is 1.65. The molecule has 2 aliphatic rings. The molecule has 10 heteroatoms. The van der Waals surface area contributed by atoms with E-state index in [1.54, 1.807) is 31.4 Å². The van der Waals surface area contributed by atoms with Crippen molar-refractivity contribution in [2.24, 2.45) is 0 Å². The number of piperazine rings is 2. The molecule has 9 nitrogen and oxygen atoms in total. The van der Waals surface area contributed by atoms with Gasteiger partial charge < -0.3 is 25.2 Å². The summed E-state index contributed by atoms with van der Waals surface area (Å²) in [6.07, 6.45) is -0.117. The van der Waals surface area contributed by atoms with Crippen molar-refractivity contribution in [3.05, 3.63) is 53.6 Å². The van der Waals surface area contributed by atoms with Crippen molar-refractivity contribution in [1.29, 1.82) is 0 Å². The van der Waals surface area contributed by atoms with Gasteiger partial charge >= 0.3 is 0 Å². The minimum Gasteiger partial charge on any atom is -0.497 e. The van der Waals surface area contributed by atoms with Gasteiger partial charge in [-0.15, -0.1) is 0 Å². The van der Waals surface area contributed by atoms with Crippen LogP contribution in [0, 0.1) is 0 Å². The number of ether oxygens (including phenoxy) is 1. The van der Waals surface area contributed by atoms with E-state index in [0.29, 0.717) is 23.8 Å². The normalized spacial score (nSPS) is 18.7. The summed E-state index contributed by atoms with van der Waals surface area (Å²) in [5.41, 5.74) is 1.64. The zero-order valence-electron chi connectivity index (χ0n) is 19.7. The van der Waals surface area contributed by atoms with E-state index in [-0.39, 0.29) is 30.7 Å². The van der Waals surface area contributed by atoms with Gasteiger partial charge in [0.2, 0.25) is 17.7 Å². The fraction of sp³-hybridized carbons (Fsp3) is 0.400. The first kappa shape index (κ1) is 24.8. The smallest absolute Gasteiger partial charge is 0.243 e. The maximum atomic E-state index is 13.2. The molecule has 2 aromatic carbocycles. The van der Waals surface area contributed by atoms with Gasteiger partial charge in [0.25, 0.3) is 0 Å². The van der Waals surface area contributed by atoms with Crippen LogP contribution < -0.4 is 20.3 Å². The quantitative estimate of drug-likeness (QED) is 0.603. The van der Waals surface area contributed by atoms with Crippen molar-refractivity contribution in [3.8, 4) is 5.75 Å². The summed E-state index contributed by atoms with van der Waals surface area (Å²) in [6.45, 7) is 3.99. The number of rotatable bonds is 7. The summed E-state index contributed by atoms with van der Waals surface area (Å²) < 4.78 is 5.32. The van der Waals surface area contributed by atoms with E-state index < -0.39 is 6.04 Å². The molecule has 0 unspecified atom stereocenters. The van der Waals surface area contributed by atoms with Gasteiger partial charge in [-0.25, -0.2) is 0 Å². The Kier molecular flexibility index (Phi) is 8.09. The lowest BCUT2D eigenvalue weighted by atomic mass is 10.1. The molecule has 2 aromatic rings. The van der Waals surface area contributed by atoms with Gasteiger partial charge in [-0.2, -0.15) is 0 Å². The second kappa shape index (κ2) is 11.4. The zero-order chi connectivity index (χ0) is 24.8. The van der Waals surface area contributed by atoms with Gasteiger partial charge in [-0.1, -0.05) is 23.7 Å². The number of hydrogen-bond donors (Lipinski definition) is 2. The number of halogens is 1. The predicted octanol–water partition coefficient (Wildman–Crippen LogP) is 1.83. The average Bonchev–Trinajstić information content (AvgIpc) is 2.85. The van der Waals surface area contributed by atoms with Gasteiger partial charge in [0.1, 0.15) is 11.8 Å². The van der Waals surface area contributed by atoms with Crippen molar-refractivity contribution in [1.82, 2.24) is 15.1 Å². The van der Waals surface area contributed by atoms with Crippen LogP contribution in [0.1, 0.15) is 6.42 Å². The highest BCUT2D eigenvalue weighted by Crippen LogP contribution is 2.22. The molecule has 0 aliphatic carbocycles. The molecule has 186 valence electrons. The molecule has 2 fully saturated rings. The third-order valence-corrected chi connectivity index (χ3v) is 6.52. The molecule has 2 N–H and O–H groups in total. The molecule has 2 saturated heterocycles. The Morgan fingerprint density at radius 2 is 1.86 bits per heavy atom. The third-order valence-electron chi connectivity index (χ3n) is 6.29. The maximum absolute atomic E-state index is 13.2. The van der Waals surface area contributed by atoms with E-state index in [2.05, 4.69) is 26.5 Å². The van der Waals surface area contributed by atoms with Crippen LogP contribution in [0.15, 0.2) is 48.5 Å². The molecular weight excluding hydrogens is 470 g/mol. The fourth-order valence-corrected chi connectivity index (χ4v) is 4.61. The number of nitrogens with one attached hydrogen (secondary N) is 2. The van der Waals surface area contributed by atoms with Crippen LogP contribution in [0.3, 0.4) is 0 Å². The number of nitrogens with zero attached hydrogens (tertiary/aromatic N) is 3. The Labute approximate surface area is 210 Å². The molecule has 2 heterocycles. The molecule has 35 heavy (non-hydrogen) atoms. The summed E-state index contributed by atoms with van der Waals surface area (Å²) >= 11 is 5.98. The minimum atomic E-state index is -0.839. The Morgan fingerprint density at radius 1 is 1.09 bits per heavy atom. The highest BCUT2D eigenvalue weighted by Gasteiger charge is 2.35. The molecular formula is C25H30ClN5O4. The lowest BCUT2D eigenvalue weighted by molar-refractivity contribution is -0.145. The Bertz CT molecular complexity index is 1070. The van der Waals surface area contributed by atoms with Crippen LogP contribution in [0.4, 0.5) is 11.4 Å². The van der Waals surface area contributed by atoms with Crippen LogP contribution in [0.5, 0.6) is 5.75 Å². The first-order valence-corrected chi connectivity index (χ1v) is 12.0. The summed E-state index contributed by atoms with van der Waals surface area (Å²) in [6, 6.07) is 13.9. The molecule has 1 atom stereocenters. The summed E-state index contributed by atoms with van der Waals surface area (Å²) in [4.78, 5) is 44.2. The highest BCUT2D eigenvalue weighted by molar-refractivity contribution is 6.30. The lowest BCUT2D eigenvalue weighted by Crippen LogP contribution is -2.60. The Morgan fingerprint density at radius 3 is 2.60 bits per heavy atom. The van der Waals surface area contributed by atoms with Gasteiger partial charge in [0.05, 0.1) is 20.1 Å². The van der Waals surface area contributed by atoms with Crippen molar-refractivity contribution in [2.75, 3.05) is 63.1 Å². The molecule has 0 radical (unpaired) electrons. The van der Waals surface area contributed by atoms with Crippen LogP contribution in [0.2, 0.25) is 5.02 Å². The van der Waals surface area contributed by atoms with Crippen molar-refractivity contribution >= 4 is 40.7 Å². The second-order valence-corrected chi connectivity index (χ2v) is 9.06. The van der Waals surface area contributed by atoms with Gasteiger partial charge in [0, 0.05) is 61.7 Å². The number of amides is 3. The number of methoxy groups -OCH3 is 1. The van der Waals surface area contributed by atoms with Gasteiger partial charge in [-0.3, -0.25) is 19.3 Å².